The zero-order chi connectivity index (χ0) is 15.5. The van der Waals surface area contributed by atoms with Gasteiger partial charge in [0.2, 0.25) is 5.43 Å². The number of hydrogen-bond acceptors (Lipinski definition) is 3. The second kappa shape index (κ2) is 5.73. The molecule has 3 aromatic rings. The van der Waals surface area contributed by atoms with Gasteiger partial charge in [0.1, 0.15) is 0 Å². The third kappa shape index (κ3) is 2.56. The lowest BCUT2D eigenvalue weighted by Crippen LogP contribution is -2.23. The lowest BCUT2D eigenvalue weighted by atomic mass is 10.2. The van der Waals surface area contributed by atoms with Gasteiger partial charge in [0.15, 0.2) is 11.3 Å². The van der Waals surface area contributed by atoms with Gasteiger partial charge in [0, 0.05) is 31.2 Å². The molecule has 0 atom stereocenters. The van der Waals surface area contributed by atoms with Gasteiger partial charge in [-0.05, 0) is 5.56 Å². The van der Waals surface area contributed by atoms with E-state index in [2.05, 4.69) is 0 Å². The van der Waals surface area contributed by atoms with E-state index in [9.17, 15) is 14.7 Å². The van der Waals surface area contributed by atoms with Crippen molar-refractivity contribution >= 4 is 11.6 Å². The predicted molar refractivity (Wildman–Crippen MR) is 85.1 cm³/mol. The lowest BCUT2D eigenvalue weighted by Gasteiger charge is -2.06. The van der Waals surface area contributed by atoms with E-state index < -0.39 is 16.7 Å². The van der Waals surface area contributed by atoms with Crippen LogP contribution in [-0.2, 0) is 6.54 Å². The van der Waals surface area contributed by atoms with Gasteiger partial charge in [-0.2, -0.15) is 0 Å². The van der Waals surface area contributed by atoms with Crippen LogP contribution in [0.25, 0.3) is 11.6 Å². The molecule has 1 N–H and O–H groups in total. The van der Waals surface area contributed by atoms with Crippen molar-refractivity contribution in [1.82, 2.24) is 8.97 Å². The van der Waals surface area contributed by atoms with Gasteiger partial charge >= 0.3 is 0 Å². The summed E-state index contributed by atoms with van der Waals surface area (Å²) in [5.74, 6) is -0.520. The molecule has 5 heteroatoms. The zero-order valence-corrected chi connectivity index (χ0v) is 11.7. The highest BCUT2D eigenvalue weighted by molar-refractivity contribution is 5.57. The Morgan fingerprint density at radius 3 is 2.55 bits per heavy atom. The summed E-state index contributed by atoms with van der Waals surface area (Å²) >= 11 is 0. The Kier molecular flexibility index (Phi) is 3.62. The summed E-state index contributed by atoms with van der Waals surface area (Å²) in [6.45, 7) is 0.354. The molecule has 0 bridgehead atoms. The molecular weight excluding hydrogens is 280 g/mol. The minimum atomic E-state index is -0.560. The number of rotatable bonds is 3. The average Bonchev–Trinajstić information content (AvgIpc) is 2.54. The van der Waals surface area contributed by atoms with Gasteiger partial charge in [-0.15, -0.1) is 0 Å². The van der Waals surface area contributed by atoms with Crippen molar-refractivity contribution < 1.29 is 5.11 Å². The van der Waals surface area contributed by atoms with Crippen LogP contribution in [0.3, 0.4) is 0 Å². The Morgan fingerprint density at radius 2 is 1.77 bits per heavy atom. The average molecular weight is 294 g/mol. The predicted octanol–water partition coefficient (Wildman–Crippen LogP) is 1.88. The van der Waals surface area contributed by atoms with Gasteiger partial charge in [-0.1, -0.05) is 42.5 Å². The molecule has 2 heterocycles. The summed E-state index contributed by atoms with van der Waals surface area (Å²) in [5.41, 5.74) is 0.0589. The van der Waals surface area contributed by atoms with E-state index in [1.54, 1.807) is 12.4 Å². The number of pyridine rings is 1. The molecule has 0 aliphatic rings. The Hall–Kier alpha value is -3.08. The summed E-state index contributed by atoms with van der Waals surface area (Å²) in [4.78, 5) is 23.8. The first kappa shape index (κ1) is 13.9. The van der Waals surface area contributed by atoms with Gasteiger partial charge in [-0.3, -0.25) is 9.59 Å². The quantitative estimate of drug-likeness (QED) is 0.802. The first-order chi connectivity index (χ1) is 10.7. The first-order valence-electron chi connectivity index (χ1n) is 6.82. The van der Waals surface area contributed by atoms with Gasteiger partial charge in [-0.25, -0.2) is 0 Å². The molecule has 3 rings (SSSR count). The minimum Gasteiger partial charge on any atom is -0.503 e. The van der Waals surface area contributed by atoms with Crippen LogP contribution in [0, 0.1) is 0 Å². The maximum absolute atomic E-state index is 12.4. The van der Waals surface area contributed by atoms with E-state index in [1.807, 2.05) is 42.5 Å². The molecule has 0 aliphatic heterocycles. The molecule has 0 saturated carbocycles. The molecule has 2 aromatic heterocycles. The third-order valence-electron chi connectivity index (χ3n) is 3.39. The summed E-state index contributed by atoms with van der Waals surface area (Å²) in [5, 5.41) is 9.80. The molecule has 1 aromatic carbocycles. The smallest absolute Gasteiger partial charge is 0.279 e. The third-order valence-corrected chi connectivity index (χ3v) is 3.39. The van der Waals surface area contributed by atoms with Crippen LogP contribution in [0.2, 0.25) is 0 Å². The molecule has 0 amide bonds. The Morgan fingerprint density at radius 1 is 1.00 bits per heavy atom. The summed E-state index contributed by atoms with van der Waals surface area (Å²) in [7, 11) is 0. The fourth-order valence-corrected chi connectivity index (χ4v) is 2.24. The van der Waals surface area contributed by atoms with Crippen LogP contribution in [0.4, 0.5) is 0 Å². The van der Waals surface area contributed by atoms with Gasteiger partial charge in [0.25, 0.3) is 5.56 Å². The molecule has 0 radical (unpaired) electrons. The van der Waals surface area contributed by atoms with E-state index >= 15 is 0 Å². The lowest BCUT2D eigenvalue weighted by molar-refractivity contribution is 0.472. The number of nitrogens with zero attached hydrogens (tertiary/aromatic N) is 2. The fraction of sp³-hybridized carbons (Fsp3) is 0.0588. The standard InChI is InChI=1S/C17H14N2O3/c20-14-8-10-18-11-12-19(17(22)15(18)16(14)21)9-4-7-13-5-2-1-3-6-13/h1-8,10-12,21H,9H2. The highest BCUT2D eigenvalue weighted by atomic mass is 16.3. The van der Waals surface area contributed by atoms with Gasteiger partial charge < -0.3 is 14.1 Å². The molecule has 0 aliphatic carbocycles. The number of aromatic hydroxyl groups is 1. The number of benzene rings is 1. The van der Waals surface area contributed by atoms with Crippen LogP contribution in [-0.4, -0.2) is 14.1 Å². The molecular formula is C17H14N2O3. The van der Waals surface area contributed by atoms with Crippen LogP contribution in [0.5, 0.6) is 5.75 Å². The van der Waals surface area contributed by atoms with Crippen LogP contribution < -0.4 is 11.0 Å². The van der Waals surface area contributed by atoms with Crippen LogP contribution in [0.1, 0.15) is 5.56 Å². The summed E-state index contributed by atoms with van der Waals surface area (Å²) in [6.07, 6.45) is 8.47. The van der Waals surface area contributed by atoms with Crippen molar-refractivity contribution in [3.63, 3.8) is 0 Å². The minimum absolute atomic E-state index is 0.0110. The molecule has 0 fully saturated rings. The molecule has 22 heavy (non-hydrogen) atoms. The SMILES string of the molecule is O=c1ccn2ccn(CC=Cc3ccccc3)c(=O)c2c1O. The van der Waals surface area contributed by atoms with Crippen molar-refractivity contribution in [2.24, 2.45) is 0 Å². The number of aromatic nitrogens is 2. The van der Waals surface area contributed by atoms with Gasteiger partial charge in [0.05, 0.1) is 0 Å². The maximum Gasteiger partial charge on any atom is 0.279 e. The maximum atomic E-state index is 12.4. The summed E-state index contributed by atoms with van der Waals surface area (Å²) in [6, 6.07) is 11.0. The van der Waals surface area contributed by atoms with Crippen LogP contribution in [0.15, 0.2) is 70.7 Å². The second-order valence-corrected chi connectivity index (χ2v) is 4.85. The monoisotopic (exact) mass is 294 g/mol. The normalized spacial score (nSPS) is 11.3. The van der Waals surface area contributed by atoms with Crippen molar-refractivity contribution in [2.45, 2.75) is 6.54 Å². The van der Waals surface area contributed by atoms with Crippen molar-refractivity contribution in [2.75, 3.05) is 0 Å². The van der Waals surface area contributed by atoms with E-state index in [1.165, 1.54) is 21.2 Å². The molecule has 110 valence electrons. The highest BCUT2D eigenvalue weighted by Crippen LogP contribution is 2.07. The first-order valence-corrected chi connectivity index (χ1v) is 6.82. The number of fused-ring (bicyclic) bond motifs is 1. The summed E-state index contributed by atoms with van der Waals surface area (Å²) < 4.78 is 2.88. The Bertz CT molecular complexity index is 953. The van der Waals surface area contributed by atoms with Crippen molar-refractivity contribution in [1.29, 1.82) is 0 Å². The second-order valence-electron chi connectivity index (χ2n) is 4.85. The molecule has 0 spiro atoms. The number of hydrogen-bond donors (Lipinski definition) is 1. The largest absolute Gasteiger partial charge is 0.503 e. The van der Waals surface area contributed by atoms with E-state index in [4.69, 9.17) is 0 Å². The highest BCUT2D eigenvalue weighted by Gasteiger charge is 2.08. The van der Waals surface area contributed by atoms with Crippen molar-refractivity contribution in [3.05, 3.63) is 87.2 Å². The fourth-order valence-electron chi connectivity index (χ4n) is 2.24. The van der Waals surface area contributed by atoms with E-state index in [0.29, 0.717) is 6.54 Å². The van der Waals surface area contributed by atoms with Crippen LogP contribution >= 0.6 is 0 Å². The Labute approximate surface area is 126 Å². The molecule has 0 unspecified atom stereocenters. The molecule has 0 saturated heterocycles. The molecule has 5 nitrogen and oxygen atoms in total. The van der Waals surface area contributed by atoms with Crippen molar-refractivity contribution in [3.8, 4) is 5.75 Å². The van der Waals surface area contributed by atoms with E-state index in [0.717, 1.165) is 5.56 Å². The Balaban J connectivity index is 1.97. The zero-order valence-electron chi connectivity index (χ0n) is 11.7. The number of allylic oxidation sites excluding steroid dienone is 1. The van der Waals surface area contributed by atoms with E-state index in [-0.39, 0.29) is 5.52 Å². The topological polar surface area (TPSA) is 63.7 Å².